The van der Waals surface area contributed by atoms with Gasteiger partial charge in [-0.2, -0.15) is 0 Å². The van der Waals surface area contributed by atoms with Crippen LogP contribution in [0, 0.1) is 11.8 Å². The van der Waals surface area contributed by atoms with Crippen LogP contribution in [0.15, 0.2) is 24.3 Å². The van der Waals surface area contributed by atoms with Crippen LogP contribution in [0.3, 0.4) is 0 Å². The minimum Gasteiger partial charge on any atom is -0.463 e. The molecule has 1 aliphatic rings. The van der Waals surface area contributed by atoms with Crippen molar-refractivity contribution in [3.05, 3.63) is 24.3 Å². The van der Waals surface area contributed by atoms with Gasteiger partial charge >= 0.3 is 11.9 Å². The van der Waals surface area contributed by atoms with Gasteiger partial charge in [-0.15, -0.1) is 0 Å². The van der Waals surface area contributed by atoms with E-state index in [-0.39, 0.29) is 62.0 Å². The van der Waals surface area contributed by atoms with Crippen molar-refractivity contribution >= 4 is 17.8 Å². The van der Waals surface area contributed by atoms with E-state index in [0.717, 1.165) is 0 Å². The van der Waals surface area contributed by atoms with Gasteiger partial charge in [0.05, 0.1) is 18.6 Å². The van der Waals surface area contributed by atoms with Gasteiger partial charge in [0.15, 0.2) is 0 Å². The summed E-state index contributed by atoms with van der Waals surface area (Å²) in [5.74, 6) is -1.35. The number of carbonyl (C=O) groups excluding carboxylic acids is 3. The number of hydrogen-bond donors (Lipinski definition) is 1. The van der Waals surface area contributed by atoms with Crippen molar-refractivity contribution in [1.29, 1.82) is 0 Å². The molecule has 0 fully saturated rings. The third kappa shape index (κ3) is 9.23. The summed E-state index contributed by atoms with van der Waals surface area (Å²) >= 11 is 0. The monoisotopic (exact) mass is 411 g/mol. The molecule has 29 heavy (non-hydrogen) atoms. The number of ether oxygens (including phenoxy) is 4. The highest BCUT2D eigenvalue weighted by Gasteiger charge is 2.22. The molecule has 0 saturated heterocycles. The fourth-order valence-corrected chi connectivity index (χ4v) is 2.77. The average Bonchev–Trinajstić information content (AvgIpc) is 2.67. The minimum atomic E-state index is -0.767. The Hall–Kier alpha value is -2.19. The molecule has 1 aliphatic heterocycles. The van der Waals surface area contributed by atoms with E-state index in [1.54, 1.807) is 26.2 Å². The SMILES string of the molecule is CO[C@H]1COC(=O)C/C=C/[C@@H](C)[C@H](OC)COC(=O)[C@@H](C)NC(=O)C/C=C/[C@@H]1C. The number of methoxy groups -OCH3 is 2. The van der Waals surface area contributed by atoms with Crippen LogP contribution in [0.2, 0.25) is 0 Å². The second-order valence-corrected chi connectivity index (χ2v) is 7.13. The fourth-order valence-electron chi connectivity index (χ4n) is 2.77. The summed E-state index contributed by atoms with van der Waals surface area (Å²) in [4.78, 5) is 36.2. The highest BCUT2D eigenvalue weighted by molar-refractivity contribution is 5.84. The molecule has 1 N–H and O–H groups in total. The molecule has 0 bridgehead atoms. The fraction of sp³-hybridized carbons (Fsp3) is 0.667. The molecule has 1 rings (SSSR count). The van der Waals surface area contributed by atoms with Gasteiger partial charge in [0.25, 0.3) is 0 Å². The molecular formula is C21H33NO7. The van der Waals surface area contributed by atoms with Crippen molar-refractivity contribution in [3.8, 4) is 0 Å². The molecule has 0 aromatic heterocycles. The third-order valence-electron chi connectivity index (χ3n) is 4.77. The van der Waals surface area contributed by atoms with Crippen molar-refractivity contribution in [2.45, 2.75) is 51.9 Å². The molecule has 1 amide bonds. The summed E-state index contributed by atoms with van der Waals surface area (Å²) in [5, 5.41) is 2.61. The van der Waals surface area contributed by atoms with E-state index in [4.69, 9.17) is 18.9 Å². The molecule has 0 aromatic rings. The Labute approximate surface area is 172 Å². The largest absolute Gasteiger partial charge is 0.463 e. The Morgan fingerprint density at radius 2 is 1.38 bits per heavy atom. The average molecular weight is 411 g/mol. The van der Waals surface area contributed by atoms with E-state index in [2.05, 4.69) is 5.32 Å². The van der Waals surface area contributed by atoms with Gasteiger partial charge in [-0.1, -0.05) is 38.2 Å². The first-order valence-electron chi connectivity index (χ1n) is 9.79. The maximum absolute atomic E-state index is 12.1. The first kappa shape index (κ1) is 24.8. The van der Waals surface area contributed by atoms with Crippen molar-refractivity contribution in [2.24, 2.45) is 11.8 Å². The summed E-state index contributed by atoms with van der Waals surface area (Å²) in [7, 11) is 3.07. The first-order chi connectivity index (χ1) is 13.8. The van der Waals surface area contributed by atoms with E-state index in [9.17, 15) is 14.4 Å². The number of cyclic esters (lactones) is 2. The van der Waals surface area contributed by atoms with Crippen molar-refractivity contribution in [2.75, 3.05) is 27.4 Å². The molecule has 0 aromatic carbocycles. The number of carbonyl (C=O) groups is 3. The zero-order valence-corrected chi connectivity index (χ0v) is 17.9. The van der Waals surface area contributed by atoms with Gasteiger partial charge in [-0.3, -0.25) is 9.59 Å². The van der Waals surface area contributed by atoms with E-state index in [0.29, 0.717) is 0 Å². The maximum Gasteiger partial charge on any atom is 0.328 e. The zero-order valence-electron chi connectivity index (χ0n) is 17.9. The molecule has 0 radical (unpaired) electrons. The summed E-state index contributed by atoms with van der Waals surface area (Å²) in [6, 6.07) is -0.767. The number of hydrogen-bond acceptors (Lipinski definition) is 7. The molecule has 164 valence electrons. The first-order valence-corrected chi connectivity index (χ1v) is 9.79. The van der Waals surface area contributed by atoms with Crippen molar-refractivity contribution in [3.63, 3.8) is 0 Å². The molecular weight excluding hydrogens is 378 g/mol. The Morgan fingerprint density at radius 1 is 0.862 bits per heavy atom. The van der Waals surface area contributed by atoms with Crippen LogP contribution in [0.4, 0.5) is 0 Å². The topological polar surface area (TPSA) is 100 Å². The van der Waals surface area contributed by atoms with Gasteiger partial charge in [0, 0.05) is 32.5 Å². The molecule has 0 saturated carbocycles. The Morgan fingerprint density at radius 3 is 1.93 bits per heavy atom. The lowest BCUT2D eigenvalue weighted by Crippen LogP contribution is -2.40. The highest BCUT2D eigenvalue weighted by atomic mass is 16.6. The second-order valence-electron chi connectivity index (χ2n) is 7.13. The summed E-state index contributed by atoms with van der Waals surface area (Å²) in [6.45, 7) is 5.54. The lowest BCUT2D eigenvalue weighted by atomic mass is 10.0. The van der Waals surface area contributed by atoms with Crippen LogP contribution in [-0.2, 0) is 33.3 Å². The van der Waals surface area contributed by atoms with E-state index < -0.39 is 12.0 Å². The molecule has 5 atom stereocenters. The van der Waals surface area contributed by atoms with Crippen molar-refractivity contribution < 1.29 is 33.3 Å². The molecule has 0 spiro atoms. The smallest absolute Gasteiger partial charge is 0.328 e. The van der Waals surface area contributed by atoms with Gasteiger partial charge in [0.1, 0.15) is 19.3 Å². The zero-order chi connectivity index (χ0) is 21.8. The Kier molecular flexibility index (Phi) is 11.2. The lowest BCUT2D eigenvalue weighted by Gasteiger charge is -2.21. The van der Waals surface area contributed by atoms with E-state index in [1.807, 2.05) is 26.0 Å². The van der Waals surface area contributed by atoms with Crippen LogP contribution in [0.1, 0.15) is 33.6 Å². The Balaban J connectivity index is 2.90. The van der Waals surface area contributed by atoms with Gasteiger partial charge in [-0.05, 0) is 6.92 Å². The number of esters is 2. The summed E-state index contributed by atoms with van der Waals surface area (Å²) in [5.41, 5.74) is 0. The van der Waals surface area contributed by atoms with E-state index >= 15 is 0 Å². The normalized spacial score (nSPS) is 33.3. The minimum absolute atomic E-state index is 0.0401. The van der Waals surface area contributed by atoms with Crippen LogP contribution < -0.4 is 5.32 Å². The van der Waals surface area contributed by atoms with Gasteiger partial charge in [0.2, 0.25) is 5.91 Å². The van der Waals surface area contributed by atoms with Gasteiger partial charge in [-0.25, -0.2) is 4.79 Å². The van der Waals surface area contributed by atoms with Crippen LogP contribution in [-0.4, -0.2) is 63.5 Å². The van der Waals surface area contributed by atoms with Crippen LogP contribution in [0.5, 0.6) is 0 Å². The molecule has 0 unspecified atom stereocenters. The molecule has 8 heteroatoms. The predicted octanol–water partition coefficient (Wildman–Crippen LogP) is 1.79. The number of amides is 1. The van der Waals surface area contributed by atoms with Crippen LogP contribution >= 0.6 is 0 Å². The van der Waals surface area contributed by atoms with E-state index in [1.165, 1.54) is 7.11 Å². The standard InChI is InChI=1S/C21H33NO7/c1-14-8-6-10-19(23)22-16(3)21(25)29-13-18(27-5)15(2)9-7-11-20(24)28-12-17(14)26-4/h6-9,14-18H,10-13H2,1-5H3,(H,22,23)/b8-6+,9-7+/t14-,15+,16+,17-,18+/m0/s1. The quantitative estimate of drug-likeness (QED) is 0.546. The van der Waals surface area contributed by atoms with Crippen LogP contribution in [0.25, 0.3) is 0 Å². The highest BCUT2D eigenvalue weighted by Crippen LogP contribution is 2.12. The maximum atomic E-state index is 12.1. The number of rotatable bonds is 2. The Bertz CT molecular complexity index is 602. The molecule has 1 heterocycles. The third-order valence-corrected chi connectivity index (χ3v) is 4.77. The summed E-state index contributed by atoms with van der Waals surface area (Å²) < 4.78 is 21.3. The molecule has 0 aliphatic carbocycles. The lowest BCUT2D eigenvalue weighted by molar-refractivity contribution is -0.151. The molecule has 8 nitrogen and oxygen atoms in total. The summed E-state index contributed by atoms with van der Waals surface area (Å²) in [6.07, 6.45) is 6.59. The second kappa shape index (κ2) is 13.1. The van der Waals surface area contributed by atoms with Gasteiger partial charge < -0.3 is 24.3 Å². The predicted molar refractivity (Wildman–Crippen MR) is 107 cm³/mol. The number of nitrogens with one attached hydrogen (secondary N) is 1. The van der Waals surface area contributed by atoms with Crippen molar-refractivity contribution in [1.82, 2.24) is 5.32 Å².